The standard InChI is InChI=1S/C18H29P/c1-2-3-4-11-16-19(17-12-7-5-8-13-17)18-14-9-6-10-15-18/h2-4,11,16-18H,1,5-10,12-15H2/b4-3-,16-11-. The Hall–Kier alpha value is -0.350. The largest absolute Gasteiger partial charge is 0.0991 e. The lowest BCUT2D eigenvalue weighted by Crippen LogP contribution is -2.19. The lowest BCUT2D eigenvalue weighted by Gasteiger charge is -2.36. The van der Waals surface area contributed by atoms with Crippen LogP contribution < -0.4 is 0 Å². The van der Waals surface area contributed by atoms with Crippen LogP contribution in [0.4, 0.5) is 0 Å². The lowest BCUT2D eigenvalue weighted by molar-refractivity contribution is 0.486. The van der Waals surface area contributed by atoms with Gasteiger partial charge in [-0.25, -0.2) is 0 Å². The van der Waals surface area contributed by atoms with E-state index in [0.29, 0.717) is 0 Å². The van der Waals surface area contributed by atoms with Crippen LogP contribution in [0.5, 0.6) is 0 Å². The molecule has 0 heterocycles. The van der Waals surface area contributed by atoms with Gasteiger partial charge in [0, 0.05) is 0 Å². The summed E-state index contributed by atoms with van der Waals surface area (Å²) >= 11 is 0. The average molecular weight is 276 g/mol. The molecule has 0 radical (unpaired) electrons. The monoisotopic (exact) mass is 276 g/mol. The third kappa shape index (κ3) is 4.92. The van der Waals surface area contributed by atoms with Crippen LogP contribution in [-0.2, 0) is 0 Å². The van der Waals surface area contributed by atoms with Crippen LogP contribution in [0, 0.1) is 0 Å². The molecule has 2 fully saturated rings. The highest BCUT2D eigenvalue weighted by Gasteiger charge is 2.28. The zero-order chi connectivity index (χ0) is 13.3. The Morgan fingerprint density at radius 2 is 1.21 bits per heavy atom. The highest BCUT2D eigenvalue weighted by molar-refractivity contribution is 7.62. The van der Waals surface area contributed by atoms with Crippen LogP contribution >= 0.6 is 7.92 Å². The summed E-state index contributed by atoms with van der Waals surface area (Å²) in [6.07, 6.45) is 23.2. The van der Waals surface area contributed by atoms with Crippen molar-refractivity contribution in [3.63, 3.8) is 0 Å². The van der Waals surface area contributed by atoms with E-state index in [9.17, 15) is 0 Å². The Balaban J connectivity index is 1.99. The zero-order valence-electron chi connectivity index (χ0n) is 12.3. The first-order chi connectivity index (χ1) is 9.42. The highest BCUT2D eigenvalue weighted by Crippen LogP contribution is 2.56. The SMILES string of the molecule is C=C/C=C\C=C/P(C1CCCCC1)C1CCCCC1. The van der Waals surface area contributed by atoms with E-state index in [2.05, 4.69) is 24.5 Å². The van der Waals surface area contributed by atoms with Crippen LogP contribution in [0.15, 0.2) is 36.7 Å². The fraction of sp³-hybridized carbons (Fsp3) is 0.667. The van der Waals surface area contributed by atoms with Gasteiger partial charge >= 0.3 is 0 Å². The number of allylic oxidation sites excluding steroid dienone is 4. The molecule has 0 N–H and O–H groups in total. The summed E-state index contributed by atoms with van der Waals surface area (Å²) < 4.78 is 0. The van der Waals surface area contributed by atoms with E-state index in [1.807, 2.05) is 12.2 Å². The predicted molar refractivity (Wildman–Crippen MR) is 89.1 cm³/mol. The molecule has 0 aromatic heterocycles. The Kier molecular flexibility index (Phi) is 6.93. The molecule has 106 valence electrons. The minimum absolute atomic E-state index is 0.120. The van der Waals surface area contributed by atoms with Crippen molar-refractivity contribution >= 4 is 7.92 Å². The van der Waals surface area contributed by atoms with Gasteiger partial charge in [0.25, 0.3) is 0 Å². The van der Waals surface area contributed by atoms with Gasteiger partial charge in [0.2, 0.25) is 0 Å². The first-order valence-electron chi connectivity index (χ1n) is 8.15. The molecule has 0 nitrogen and oxygen atoms in total. The molecule has 0 unspecified atom stereocenters. The van der Waals surface area contributed by atoms with Gasteiger partial charge in [-0.1, -0.05) is 83.1 Å². The molecule has 2 rings (SSSR count). The second kappa shape index (κ2) is 8.75. The van der Waals surface area contributed by atoms with Gasteiger partial charge in [0.15, 0.2) is 0 Å². The number of rotatable bonds is 5. The Bertz CT molecular complexity index is 286. The molecule has 19 heavy (non-hydrogen) atoms. The first kappa shape index (κ1) is 15.0. The second-order valence-corrected chi connectivity index (χ2v) is 8.65. The summed E-state index contributed by atoms with van der Waals surface area (Å²) in [6, 6.07) is 0. The van der Waals surface area contributed by atoms with E-state index in [4.69, 9.17) is 0 Å². The Morgan fingerprint density at radius 3 is 1.68 bits per heavy atom. The molecule has 2 aliphatic carbocycles. The van der Waals surface area contributed by atoms with Gasteiger partial charge in [-0.05, 0) is 37.0 Å². The fourth-order valence-corrected chi connectivity index (χ4v) is 6.90. The summed E-state index contributed by atoms with van der Waals surface area (Å²) in [5, 5.41) is 0. The highest BCUT2D eigenvalue weighted by atomic mass is 31.1. The molecule has 0 spiro atoms. The average Bonchev–Trinajstić information content (AvgIpc) is 2.49. The van der Waals surface area contributed by atoms with Crippen LogP contribution in [0.25, 0.3) is 0 Å². The second-order valence-electron chi connectivity index (χ2n) is 5.99. The van der Waals surface area contributed by atoms with E-state index in [0.717, 1.165) is 11.3 Å². The van der Waals surface area contributed by atoms with Crippen LogP contribution in [0.3, 0.4) is 0 Å². The van der Waals surface area contributed by atoms with Crippen LogP contribution in [0.2, 0.25) is 0 Å². The maximum absolute atomic E-state index is 3.74. The minimum Gasteiger partial charge on any atom is -0.0991 e. The molecule has 0 amide bonds. The van der Waals surface area contributed by atoms with Crippen molar-refractivity contribution < 1.29 is 0 Å². The van der Waals surface area contributed by atoms with Gasteiger partial charge in [0.05, 0.1) is 0 Å². The van der Waals surface area contributed by atoms with E-state index < -0.39 is 0 Å². The van der Waals surface area contributed by atoms with Crippen LogP contribution in [-0.4, -0.2) is 11.3 Å². The molecule has 1 heteroatoms. The third-order valence-corrected chi connectivity index (χ3v) is 7.84. The normalized spacial score (nSPS) is 23.6. The molecule has 0 atom stereocenters. The first-order valence-corrected chi connectivity index (χ1v) is 9.70. The molecule has 2 aliphatic rings. The molecular weight excluding hydrogens is 247 g/mol. The van der Waals surface area contributed by atoms with Crippen LogP contribution in [0.1, 0.15) is 64.2 Å². The summed E-state index contributed by atoms with van der Waals surface area (Å²) in [5.41, 5.74) is 2.06. The fourth-order valence-electron chi connectivity index (χ4n) is 3.59. The molecule has 0 aromatic rings. The van der Waals surface area contributed by atoms with Gasteiger partial charge in [0.1, 0.15) is 0 Å². The smallest absolute Gasteiger partial charge is 0.0172 e. The van der Waals surface area contributed by atoms with Gasteiger partial charge < -0.3 is 0 Å². The van der Waals surface area contributed by atoms with Gasteiger partial charge in [-0.3, -0.25) is 0 Å². The van der Waals surface area contributed by atoms with Crippen molar-refractivity contribution in [1.29, 1.82) is 0 Å². The molecular formula is C18H29P. The van der Waals surface area contributed by atoms with Crippen molar-refractivity contribution in [3.8, 4) is 0 Å². The quantitative estimate of drug-likeness (QED) is 0.403. The molecule has 0 aromatic carbocycles. The van der Waals surface area contributed by atoms with Crippen molar-refractivity contribution in [2.75, 3.05) is 0 Å². The maximum atomic E-state index is 3.74. The summed E-state index contributed by atoms with van der Waals surface area (Å²) in [6.45, 7) is 3.74. The van der Waals surface area contributed by atoms with Crippen molar-refractivity contribution in [2.45, 2.75) is 75.5 Å². The predicted octanol–water partition coefficient (Wildman–Crippen LogP) is 6.39. The van der Waals surface area contributed by atoms with Crippen molar-refractivity contribution in [3.05, 3.63) is 36.7 Å². The zero-order valence-corrected chi connectivity index (χ0v) is 13.2. The molecule has 0 aliphatic heterocycles. The van der Waals surface area contributed by atoms with Crippen molar-refractivity contribution in [2.24, 2.45) is 0 Å². The maximum Gasteiger partial charge on any atom is -0.0172 e. The summed E-state index contributed by atoms with van der Waals surface area (Å²) in [4.78, 5) is 0. The number of hydrogen-bond donors (Lipinski definition) is 0. The van der Waals surface area contributed by atoms with E-state index in [-0.39, 0.29) is 7.92 Å². The third-order valence-electron chi connectivity index (χ3n) is 4.61. The van der Waals surface area contributed by atoms with Crippen molar-refractivity contribution in [1.82, 2.24) is 0 Å². The van der Waals surface area contributed by atoms with E-state index >= 15 is 0 Å². The van der Waals surface area contributed by atoms with Gasteiger partial charge in [-0.2, -0.15) is 0 Å². The van der Waals surface area contributed by atoms with E-state index in [1.165, 1.54) is 64.2 Å². The number of hydrogen-bond acceptors (Lipinski definition) is 0. The molecule has 0 saturated heterocycles. The summed E-state index contributed by atoms with van der Waals surface area (Å²) in [7, 11) is 0.120. The van der Waals surface area contributed by atoms with Gasteiger partial charge in [-0.15, -0.1) is 0 Å². The van der Waals surface area contributed by atoms with E-state index in [1.54, 1.807) is 0 Å². The summed E-state index contributed by atoms with van der Waals surface area (Å²) in [5.74, 6) is 2.58. The molecule has 0 bridgehead atoms. The topological polar surface area (TPSA) is 0 Å². The molecule has 2 saturated carbocycles. The Morgan fingerprint density at radius 1 is 0.684 bits per heavy atom. The lowest BCUT2D eigenvalue weighted by atomic mass is 9.99. The Labute approximate surface area is 120 Å². The minimum atomic E-state index is 0.120.